The number of esters is 1. The lowest BCUT2D eigenvalue weighted by atomic mass is 9.72. The largest absolute Gasteiger partial charge is 0.426 e. The van der Waals surface area contributed by atoms with Crippen LogP contribution in [0, 0.1) is 34.5 Å². The van der Waals surface area contributed by atoms with E-state index in [2.05, 4.69) is 0 Å². The first-order valence-electron chi connectivity index (χ1n) is 9.47. The lowest BCUT2D eigenvalue weighted by molar-refractivity contribution is -0.131. The van der Waals surface area contributed by atoms with Gasteiger partial charge in [0.2, 0.25) is 0 Å². The van der Waals surface area contributed by atoms with Crippen LogP contribution >= 0.6 is 0 Å². The molecule has 0 N–H and O–H groups in total. The Morgan fingerprint density at radius 3 is 2.37 bits per heavy atom. The summed E-state index contributed by atoms with van der Waals surface area (Å²) in [6.45, 7) is 1.23. The van der Waals surface area contributed by atoms with Gasteiger partial charge in [0.25, 0.3) is 0 Å². The van der Waals surface area contributed by atoms with Gasteiger partial charge >= 0.3 is 5.97 Å². The minimum Gasteiger partial charge on any atom is -0.426 e. The molecular weight excluding hydrogens is 380 g/mol. The Labute approximate surface area is 173 Å². The molecule has 2 aliphatic carbocycles. The minimum atomic E-state index is -0.698. The molecule has 0 aliphatic heterocycles. The SMILES string of the molecule is CC(=O)Oc1cccc2c1C(=O)CC(C1Cc3ccccc3C1=C(C#N)C#N)C2=O. The number of ether oxygens (including phenoxy) is 1. The van der Waals surface area contributed by atoms with E-state index in [4.69, 9.17) is 4.74 Å². The van der Waals surface area contributed by atoms with Gasteiger partial charge in [-0.1, -0.05) is 36.4 Å². The first kappa shape index (κ1) is 19.3. The third-order valence-corrected chi connectivity index (χ3v) is 5.66. The highest BCUT2D eigenvalue weighted by atomic mass is 16.5. The minimum absolute atomic E-state index is 0.0374. The van der Waals surface area contributed by atoms with E-state index in [9.17, 15) is 24.9 Å². The molecule has 2 aliphatic rings. The molecule has 0 radical (unpaired) electrons. The topological polar surface area (TPSA) is 108 Å². The van der Waals surface area contributed by atoms with Gasteiger partial charge in [0.1, 0.15) is 23.5 Å². The molecule has 2 aromatic rings. The van der Waals surface area contributed by atoms with E-state index in [0.29, 0.717) is 12.0 Å². The average molecular weight is 396 g/mol. The number of fused-ring (bicyclic) bond motifs is 2. The van der Waals surface area contributed by atoms with E-state index in [1.165, 1.54) is 13.0 Å². The van der Waals surface area contributed by atoms with Crippen LogP contribution in [0.25, 0.3) is 5.57 Å². The second-order valence-electron chi connectivity index (χ2n) is 7.35. The summed E-state index contributed by atoms with van der Waals surface area (Å²) in [6.07, 6.45) is 0.400. The van der Waals surface area contributed by atoms with Crippen LogP contribution in [0.1, 0.15) is 45.2 Å². The maximum atomic E-state index is 13.4. The van der Waals surface area contributed by atoms with Gasteiger partial charge in [-0.15, -0.1) is 0 Å². The summed E-state index contributed by atoms with van der Waals surface area (Å²) >= 11 is 0. The quantitative estimate of drug-likeness (QED) is 0.435. The number of nitrogens with zero attached hydrogens (tertiary/aromatic N) is 2. The van der Waals surface area contributed by atoms with Crippen LogP contribution in [-0.4, -0.2) is 17.5 Å². The highest BCUT2D eigenvalue weighted by molar-refractivity contribution is 6.17. The van der Waals surface area contributed by atoms with Crippen LogP contribution in [0.4, 0.5) is 0 Å². The van der Waals surface area contributed by atoms with E-state index in [1.54, 1.807) is 12.1 Å². The summed E-state index contributed by atoms with van der Waals surface area (Å²) in [5, 5.41) is 19.0. The third kappa shape index (κ3) is 3.00. The monoisotopic (exact) mass is 396 g/mol. The summed E-state index contributed by atoms with van der Waals surface area (Å²) in [5.41, 5.74) is 2.54. The van der Waals surface area contributed by atoms with Crippen LogP contribution in [0.2, 0.25) is 0 Å². The van der Waals surface area contributed by atoms with Gasteiger partial charge in [0.05, 0.1) is 5.56 Å². The Balaban J connectivity index is 1.82. The number of Topliss-reactive ketones (excluding diaryl/α,β-unsaturated/α-hetero) is 2. The number of hydrogen-bond donors (Lipinski definition) is 0. The molecule has 0 spiro atoms. The number of ketones is 2. The van der Waals surface area contributed by atoms with Crippen LogP contribution < -0.4 is 4.74 Å². The summed E-state index contributed by atoms with van der Waals surface area (Å²) in [5.74, 6) is -2.18. The van der Waals surface area contributed by atoms with Crippen molar-refractivity contribution in [2.75, 3.05) is 0 Å². The van der Waals surface area contributed by atoms with Crippen LogP contribution in [0.3, 0.4) is 0 Å². The zero-order valence-electron chi connectivity index (χ0n) is 16.1. The van der Waals surface area contributed by atoms with Gasteiger partial charge in [-0.3, -0.25) is 14.4 Å². The Morgan fingerprint density at radius 2 is 1.67 bits per heavy atom. The standard InChI is InChI=1S/C24H16N2O4/c1-13(27)30-21-8-4-7-17-23(21)20(28)10-19(24(17)29)18-9-14-5-2-3-6-16(14)22(18)15(11-25)12-26/h2-8,18-19H,9-10H2,1H3. The number of nitriles is 2. The second kappa shape index (κ2) is 7.42. The van der Waals surface area contributed by atoms with Crippen molar-refractivity contribution in [2.24, 2.45) is 11.8 Å². The summed E-state index contributed by atoms with van der Waals surface area (Å²) in [6, 6.07) is 15.9. The molecule has 2 aromatic carbocycles. The van der Waals surface area contributed by atoms with Crippen molar-refractivity contribution in [1.29, 1.82) is 10.5 Å². The molecule has 4 rings (SSSR count). The Kier molecular flexibility index (Phi) is 4.77. The Morgan fingerprint density at radius 1 is 0.967 bits per heavy atom. The Hall–Kier alpha value is -4.03. The Bertz CT molecular complexity index is 1210. The predicted octanol–water partition coefficient (Wildman–Crippen LogP) is 3.67. The summed E-state index contributed by atoms with van der Waals surface area (Å²) < 4.78 is 5.13. The zero-order valence-corrected chi connectivity index (χ0v) is 16.1. The zero-order chi connectivity index (χ0) is 21.4. The molecule has 146 valence electrons. The molecule has 0 amide bonds. The van der Waals surface area contributed by atoms with E-state index < -0.39 is 17.8 Å². The summed E-state index contributed by atoms with van der Waals surface area (Å²) in [7, 11) is 0. The number of benzene rings is 2. The van der Waals surface area contributed by atoms with E-state index in [1.807, 2.05) is 36.4 Å². The number of hydrogen-bond acceptors (Lipinski definition) is 6. The molecule has 30 heavy (non-hydrogen) atoms. The van der Waals surface area contributed by atoms with Gasteiger partial charge < -0.3 is 4.74 Å². The van der Waals surface area contributed by atoms with Crippen molar-refractivity contribution in [3.05, 3.63) is 70.3 Å². The van der Waals surface area contributed by atoms with Crippen molar-refractivity contribution in [3.63, 3.8) is 0 Å². The third-order valence-electron chi connectivity index (χ3n) is 5.66. The van der Waals surface area contributed by atoms with Crippen LogP contribution in [0.5, 0.6) is 5.75 Å². The fourth-order valence-corrected chi connectivity index (χ4v) is 4.49. The molecular formula is C24H16N2O4. The van der Waals surface area contributed by atoms with Gasteiger partial charge in [-0.05, 0) is 29.2 Å². The van der Waals surface area contributed by atoms with E-state index in [0.717, 1.165) is 11.1 Å². The molecule has 0 bridgehead atoms. The van der Waals surface area contributed by atoms with Crippen molar-refractivity contribution in [3.8, 4) is 17.9 Å². The van der Waals surface area contributed by atoms with Gasteiger partial charge in [0.15, 0.2) is 11.6 Å². The number of carbonyl (C=O) groups is 3. The first-order valence-corrected chi connectivity index (χ1v) is 9.47. The summed E-state index contributed by atoms with van der Waals surface area (Å²) in [4.78, 5) is 37.8. The average Bonchev–Trinajstić information content (AvgIpc) is 3.10. The van der Waals surface area contributed by atoms with E-state index in [-0.39, 0.29) is 40.4 Å². The molecule has 0 heterocycles. The number of rotatable bonds is 2. The molecule has 6 heteroatoms. The fraction of sp³-hybridized carbons (Fsp3) is 0.208. The number of carbonyl (C=O) groups excluding carboxylic acids is 3. The molecule has 2 atom stereocenters. The highest BCUT2D eigenvalue weighted by Crippen LogP contribution is 2.47. The van der Waals surface area contributed by atoms with Crippen LogP contribution in [0.15, 0.2) is 48.0 Å². The molecule has 0 fully saturated rings. The molecule has 2 unspecified atom stereocenters. The van der Waals surface area contributed by atoms with Gasteiger partial charge in [-0.2, -0.15) is 10.5 Å². The van der Waals surface area contributed by atoms with E-state index >= 15 is 0 Å². The van der Waals surface area contributed by atoms with Crippen LogP contribution in [-0.2, 0) is 11.2 Å². The molecule has 0 aromatic heterocycles. The molecule has 6 nitrogen and oxygen atoms in total. The normalized spacial score (nSPS) is 19.4. The lowest BCUT2D eigenvalue weighted by Crippen LogP contribution is -2.33. The van der Waals surface area contributed by atoms with Gasteiger partial charge in [0, 0.05) is 30.7 Å². The maximum absolute atomic E-state index is 13.4. The lowest BCUT2D eigenvalue weighted by Gasteiger charge is -2.28. The molecule has 0 saturated heterocycles. The van der Waals surface area contributed by atoms with Crippen molar-refractivity contribution in [1.82, 2.24) is 0 Å². The fourth-order valence-electron chi connectivity index (χ4n) is 4.49. The second-order valence-corrected chi connectivity index (χ2v) is 7.35. The van der Waals surface area contributed by atoms with Crippen molar-refractivity contribution < 1.29 is 19.1 Å². The molecule has 0 saturated carbocycles. The predicted molar refractivity (Wildman–Crippen MR) is 106 cm³/mol. The van der Waals surface area contributed by atoms with Gasteiger partial charge in [-0.25, -0.2) is 0 Å². The maximum Gasteiger partial charge on any atom is 0.308 e. The van der Waals surface area contributed by atoms with Crippen molar-refractivity contribution >= 4 is 23.1 Å². The smallest absolute Gasteiger partial charge is 0.308 e. The first-order chi connectivity index (χ1) is 14.5. The highest BCUT2D eigenvalue weighted by Gasteiger charge is 2.44. The number of allylic oxidation sites excluding steroid dienone is 2. The van der Waals surface area contributed by atoms with Crippen molar-refractivity contribution in [2.45, 2.75) is 19.8 Å².